The second-order valence-corrected chi connectivity index (χ2v) is 3.86. The summed E-state index contributed by atoms with van der Waals surface area (Å²) in [6.45, 7) is 0. The van der Waals surface area contributed by atoms with Crippen molar-refractivity contribution in [3.8, 4) is 0 Å². The minimum absolute atomic E-state index is 0.170. The van der Waals surface area contributed by atoms with Crippen LogP contribution in [0.1, 0.15) is 10.5 Å². The van der Waals surface area contributed by atoms with E-state index < -0.39 is 34.6 Å². The number of aromatic nitrogens is 2. The number of amides is 1. The molecule has 0 aliphatic rings. The van der Waals surface area contributed by atoms with Gasteiger partial charge in [0.2, 0.25) is 0 Å². The average molecular weight is 283 g/mol. The molecule has 0 saturated carbocycles. The molecule has 0 spiro atoms. The number of carbonyl (C=O) groups excluding carboxylic acids is 1. The van der Waals surface area contributed by atoms with Crippen molar-refractivity contribution in [1.82, 2.24) is 9.78 Å². The third kappa shape index (κ3) is 2.53. The second-order valence-electron chi connectivity index (χ2n) is 3.86. The van der Waals surface area contributed by atoms with Gasteiger partial charge >= 0.3 is 0 Å². The molecule has 0 bridgehead atoms. The Kier molecular flexibility index (Phi) is 3.55. The summed E-state index contributed by atoms with van der Waals surface area (Å²) in [5, 5.41) is 5.68. The molecular formula is C12H8F3N3O2. The summed E-state index contributed by atoms with van der Waals surface area (Å²) in [6.07, 6.45) is 0. The largest absolute Gasteiger partial charge is 0.318 e. The van der Waals surface area contributed by atoms with Crippen LogP contribution in [0, 0.1) is 17.5 Å². The molecule has 20 heavy (non-hydrogen) atoms. The summed E-state index contributed by atoms with van der Waals surface area (Å²) < 4.78 is 40.0. The van der Waals surface area contributed by atoms with Gasteiger partial charge in [0.1, 0.15) is 5.69 Å². The average Bonchev–Trinajstić information content (AvgIpc) is 2.42. The lowest BCUT2D eigenvalue weighted by Gasteiger charge is -2.07. The molecule has 0 radical (unpaired) electrons. The van der Waals surface area contributed by atoms with Crippen molar-refractivity contribution in [2.24, 2.45) is 7.05 Å². The number of hydrogen-bond donors (Lipinski definition) is 1. The van der Waals surface area contributed by atoms with Crippen LogP contribution >= 0.6 is 0 Å². The summed E-state index contributed by atoms with van der Waals surface area (Å²) >= 11 is 0. The van der Waals surface area contributed by atoms with Gasteiger partial charge in [-0.2, -0.15) is 5.10 Å². The van der Waals surface area contributed by atoms with Crippen LogP contribution in [0.4, 0.5) is 18.9 Å². The van der Waals surface area contributed by atoms with Crippen molar-refractivity contribution < 1.29 is 18.0 Å². The second kappa shape index (κ2) is 5.16. The first-order valence-corrected chi connectivity index (χ1v) is 5.39. The Morgan fingerprint density at radius 3 is 2.50 bits per heavy atom. The standard InChI is InChI=1S/C12H8F3N3O2/c1-18-9(19)5-4-8(17-18)12(20)16-7-3-2-6(13)10(14)11(7)15/h2-5H,1H3,(H,16,20). The molecule has 0 aliphatic heterocycles. The van der Waals surface area contributed by atoms with Crippen molar-refractivity contribution in [2.75, 3.05) is 5.32 Å². The predicted molar refractivity (Wildman–Crippen MR) is 63.7 cm³/mol. The van der Waals surface area contributed by atoms with Crippen molar-refractivity contribution in [1.29, 1.82) is 0 Å². The molecule has 1 amide bonds. The van der Waals surface area contributed by atoms with E-state index in [9.17, 15) is 22.8 Å². The van der Waals surface area contributed by atoms with Gasteiger partial charge in [-0.15, -0.1) is 0 Å². The molecule has 104 valence electrons. The lowest BCUT2D eigenvalue weighted by atomic mass is 10.2. The first kappa shape index (κ1) is 13.8. The number of rotatable bonds is 2. The van der Waals surface area contributed by atoms with E-state index in [1.54, 1.807) is 0 Å². The van der Waals surface area contributed by atoms with Gasteiger partial charge < -0.3 is 5.32 Å². The summed E-state index contributed by atoms with van der Waals surface area (Å²) in [6, 6.07) is 3.80. The van der Waals surface area contributed by atoms with E-state index in [1.165, 1.54) is 7.05 Å². The highest BCUT2D eigenvalue weighted by Crippen LogP contribution is 2.19. The molecule has 2 rings (SSSR count). The number of carbonyl (C=O) groups is 1. The summed E-state index contributed by atoms with van der Waals surface area (Å²) in [5.74, 6) is -5.41. The zero-order chi connectivity index (χ0) is 14.9. The highest BCUT2D eigenvalue weighted by Gasteiger charge is 2.16. The molecule has 1 aromatic heterocycles. The van der Waals surface area contributed by atoms with Crippen LogP contribution in [-0.2, 0) is 7.05 Å². The SMILES string of the molecule is Cn1nc(C(=O)Nc2ccc(F)c(F)c2F)ccc1=O. The molecule has 0 fully saturated rings. The van der Waals surface area contributed by atoms with Crippen molar-refractivity contribution in [3.63, 3.8) is 0 Å². The molecule has 1 heterocycles. The summed E-state index contributed by atoms with van der Waals surface area (Å²) in [7, 11) is 1.33. The number of hydrogen-bond acceptors (Lipinski definition) is 3. The molecule has 2 aromatic rings. The Hall–Kier alpha value is -2.64. The van der Waals surface area contributed by atoms with Gasteiger partial charge in [0, 0.05) is 13.1 Å². The maximum absolute atomic E-state index is 13.4. The van der Waals surface area contributed by atoms with E-state index in [2.05, 4.69) is 5.10 Å². The van der Waals surface area contributed by atoms with Gasteiger partial charge in [-0.05, 0) is 18.2 Å². The minimum atomic E-state index is -1.68. The number of nitrogens with one attached hydrogen (secondary N) is 1. The summed E-state index contributed by atoms with van der Waals surface area (Å²) in [4.78, 5) is 22.9. The van der Waals surface area contributed by atoms with Gasteiger partial charge in [0.05, 0.1) is 5.69 Å². The number of nitrogens with zero attached hydrogens (tertiary/aromatic N) is 2. The smallest absolute Gasteiger partial charge is 0.276 e. The fourth-order valence-electron chi connectivity index (χ4n) is 1.43. The Labute approximate surface area is 110 Å². The van der Waals surface area contributed by atoms with E-state index in [0.717, 1.165) is 22.9 Å². The third-order valence-electron chi connectivity index (χ3n) is 2.48. The third-order valence-corrected chi connectivity index (χ3v) is 2.48. The zero-order valence-electron chi connectivity index (χ0n) is 10.2. The molecule has 8 heteroatoms. The van der Waals surface area contributed by atoms with E-state index in [4.69, 9.17) is 0 Å². The highest BCUT2D eigenvalue weighted by atomic mass is 19.2. The van der Waals surface area contributed by atoms with Gasteiger partial charge in [-0.1, -0.05) is 0 Å². The van der Waals surface area contributed by atoms with Crippen LogP contribution in [-0.4, -0.2) is 15.7 Å². The topological polar surface area (TPSA) is 64.0 Å². The number of halogens is 3. The normalized spacial score (nSPS) is 10.4. The van der Waals surface area contributed by atoms with Gasteiger partial charge in [0.15, 0.2) is 17.5 Å². The first-order chi connectivity index (χ1) is 9.40. The van der Waals surface area contributed by atoms with Crippen molar-refractivity contribution >= 4 is 11.6 Å². The Bertz CT molecular complexity index is 743. The van der Waals surface area contributed by atoms with Crippen LogP contribution in [0.15, 0.2) is 29.1 Å². The van der Waals surface area contributed by atoms with E-state index in [-0.39, 0.29) is 5.69 Å². The monoisotopic (exact) mass is 283 g/mol. The van der Waals surface area contributed by atoms with Gasteiger partial charge in [-0.25, -0.2) is 17.9 Å². The predicted octanol–water partition coefficient (Wildman–Crippen LogP) is 1.45. The fraction of sp³-hybridized carbons (Fsp3) is 0.0833. The lowest BCUT2D eigenvalue weighted by molar-refractivity contribution is 0.101. The number of benzene rings is 1. The molecule has 5 nitrogen and oxygen atoms in total. The van der Waals surface area contributed by atoms with Gasteiger partial charge in [0.25, 0.3) is 11.5 Å². The van der Waals surface area contributed by atoms with Crippen molar-refractivity contribution in [3.05, 3.63) is 57.8 Å². The Morgan fingerprint density at radius 2 is 1.85 bits per heavy atom. The highest BCUT2D eigenvalue weighted by molar-refractivity contribution is 6.02. The van der Waals surface area contributed by atoms with Crippen LogP contribution in [0.5, 0.6) is 0 Å². The maximum Gasteiger partial charge on any atom is 0.276 e. The van der Waals surface area contributed by atoms with Crippen LogP contribution < -0.4 is 10.9 Å². The molecule has 1 aromatic carbocycles. The van der Waals surface area contributed by atoms with Crippen LogP contribution in [0.3, 0.4) is 0 Å². The van der Waals surface area contributed by atoms with Crippen LogP contribution in [0.2, 0.25) is 0 Å². The van der Waals surface area contributed by atoms with E-state index >= 15 is 0 Å². The van der Waals surface area contributed by atoms with Crippen LogP contribution in [0.25, 0.3) is 0 Å². The lowest BCUT2D eigenvalue weighted by Crippen LogP contribution is -2.24. The quantitative estimate of drug-likeness (QED) is 0.848. The minimum Gasteiger partial charge on any atom is -0.318 e. The Morgan fingerprint density at radius 1 is 1.15 bits per heavy atom. The molecule has 0 saturated heterocycles. The van der Waals surface area contributed by atoms with Crippen molar-refractivity contribution in [2.45, 2.75) is 0 Å². The van der Waals surface area contributed by atoms with E-state index in [0.29, 0.717) is 6.07 Å². The first-order valence-electron chi connectivity index (χ1n) is 5.39. The van der Waals surface area contributed by atoms with E-state index in [1.807, 2.05) is 5.32 Å². The molecule has 0 aliphatic carbocycles. The molecule has 0 unspecified atom stereocenters. The molecule has 1 N–H and O–H groups in total. The maximum atomic E-state index is 13.4. The number of aryl methyl sites for hydroxylation is 1. The zero-order valence-corrected chi connectivity index (χ0v) is 10.2. The molecule has 0 atom stereocenters. The Balaban J connectivity index is 2.30. The number of anilines is 1. The van der Waals surface area contributed by atoms with Gasteiger partial charge in [-0.3, -0.25) is 9.59 Å². The summed E-state index contributed by atoms with van der Waals surface area (Å²) in [5.41, 5.74) is -1.12. The fourth-order valence-corrected chi connectivity index (χ4v) is 1.43. The molecular weight excluding hydrogens is 275 g/mol.